The SMILES string of the molecule is CC1=C(/C=C/C2=[N+](CCS(=O)(=O)[O-])c3ccc(S(N)(=O)=O)cc3C2(C)C)CC/C1=C\C=C1/Cc2cc(S(N)(=O)=O)ccc2N1CCS(=O)(=O)[O-]. The fourth-order valence-electron chi connectivity index (χ4n) is 6.62. The molecule has 18 heteroatoms. The van der Waals surface area contributed by atoms with Gasteiger partial charge in [-0.3, -0.25) is 0 Å². The minimum Gasteiger partial charge on any atom is -0.748 e. The molecule has 0 radical (unpaired) electrons. The molecule has 0 bridgehead atoms. The van der Waals surface area contributed by atoms with E-state index >= 15 is 0 Å². The van der Waals surface area contributed by atoms with Gasteiger partial charge in [-0.2, -0.15) is 4.58 Å². The van der Waals surface area contributed by atoms with E-state index in [0.717, 1.165) is 16.7 Å². The summed E-state index contributed by atoms with van der Waals surface area (Å²) in [6.07, 6.45) is 9.10. The lowest BCUT2D eigenvalue weighted by atomic mass is 9.81. The molecule has 5 rings (SSSR count). The quantitative estimate of drug-likeness (QED) is 0.248. The van der Waals surface area contributed by atoms with Crippen LogP contribution in [0.3, 0.4) is 0 Å². The van der Waals surface area contributed by atoms with Crippen LogP contribution in [0.2, 0.25) is 0 Å². The number of rotatable bonds is 11. The van der Waals surface area contributed by atoms with Crippen molar-refractivity contribution in [2.24, 2.45) is 10.3 Å². The Hall–Kier alpha value is -3.49. The normalized spacial score (nSPS) is 19.8. The molecule has 0 atom stereocenters. The van der Waals surface area contributed by atoms with Crippen molar-refractivity contribution < 1.29 is 47.4 Å². The second-order valence-corrected chi connectivity index (χ2v) is 19.1. The van der Waals surface area contributed by atoms with Crippen LogP contribution in [0.4, 0.5) is 11.4 Å². The van der Waals surface area contributed by atoms with Crippen LogP contribution in [0.25, 0.3) is 0 Å². The maximum Gasteiger partial charge on any atom is 0.238 e. The molecule has 2 aromatic carbocycles. The Kier molecular flexibility index (Phi) is 10.0. The molecular formula is C32H37N4O10S4-. The summed E-state index contributed by atoms with van der Waals surface area (Å²) in [7, 11) is -17.1. The summed E-state index contributed by atoms with van der Waals surface area (Å²) in [6.45, 7) is 5.42. The predicted molar refractivity (Wildman–Crippen MR) is 186 cm³/mol. The van der Waals surface area contributed by atoms with Crippen molar-refractivity contribution >= 4 is 57.4 Å². The molecule has 1 aliphatic carbocycles. The van der Waals surface area contributed by atoms with Gasteiger partial charge in [-0.15, -0.1) is 0 Å². The highest BCUT2D eigenvalue weighted by Gasteiger charge is 2.45. The van der Waals surface area contributed by atoms with Gasteiger partial charge in [-0.1, -0.05) is 12.2 Å². The summed E-state index contributed by atoms with van der Waals surface area (Å²) in [6, 6.07) is 8.66. The first kappa shape index (κ1) is 37.8. The van der Waals surface area contributed by atoms with E-state index in [1.165, 1.54) is 30.3 Å². The second kappa shape index (κ2) is 13.2. The molecule has 14 nitrogen and oxygen atoms in total. The molecule has 0 unspecified atom stereocenters. The van der Waals surface area contributed by atoms with Gasteiger partial charge in [0.25, 0.3) is 0 Å². The largest absolute Gasteiger partial charge is 0.748 e. The first-order valence-corrected chi connectivity index (χ1v) is 21.6. The van der Waals surface area contributed by atoms with Gasteiger partial charge in [0.2, 0.25) is 25.7 Å². The zero-order valence-corrected chi connectivity index (χ0v) is 30.8. The molecule has 0 spiro atoms. The first-order valence-electron chi connectivity index (χ1n) is 15.4. The lowest BCUT2D eigenvalue weighted by Crippen LogP contribution is -2.29. The third kappa shape index (κ3) is 8.18. The van der Waals surface area contributed by atoms with Gasteiger partial charge in [0.1, 0.15) is 10.1 Å². The average Bonchev–Trinajstić information content (AvgIpc) is 3.59. The second-order valence-electron chi connectivity index (χ2n) is 12.9. The lowest BCUT2D eigenvalue weighted by Gasteiger charge is -2.22. The van der Waals surface area contributed by atoms with Crippen molar-refractivity contribution in [2.45, 2.75) is 55.2 Å². The van der Waals surface area contributed by atoms with Gasteiger partial charge in [0.15, 0.2) is 12.3 Å². The number of fused-ring (bicyclic) bond motifs is 2. The van der Waals surface area contributed by atoms with Crippen molar-refractivity contribution in [3.05, 3.63) is 94.2 Å². The number of benzene rings is 2. The molecular weight excluding hydrogens is 729 g/mol. The summed E-state index contributed by atoms with van der Waals surface area (Å²) in [4.78, 5) is 1.51. The van der Waals surface area contributed by atoms with Crippen LogP contribution < -0.4 is 15.2 Å². The van der Waals surface area contributed by atoms with Crippen molar-refractivity contribution in [2.75, 3.05) is 29.5 Å². The van der Waals surface area contributed by atoms with Crippen molar-refractivity contribution in [3.8, 4) is 0 Å². The summed E-state index contributed by atoms with van der Waals surface area (Å²) in [5.74, 6) is -1.31. The minimum atomic E-state index is -4.56. The molecule has 4 N–H and O–H groups in total. The molecule has 0 fully saturated rings. The van der Waals surface area contributed by atoms with Gasteiger partial charge in [-0.05, 0) is 92.3 Å². The number of nitrogens with two attached hydrogens (primary N) is 2. The number of allylic oxidation sites excluding steroid dienone is 8. The highest BCUT2D eigenvalue weighted by atomic mass is 32.2. The summed E-state index contributed by atoms with van der Waals surface area (Å²) in [5, 5.41) is 10.7. The lowest BCUT2D eigenvalue weighted by molar-refractivity contribution is -0.432. The number of hydrogen-bond donors (Lipinski definition) is 2. The average molecular weight is 766 g/mol. The van der Waals surface area contributed by atoms with E-state index < -0.39 is 57.2 Å². The Morgan fingerprint density at radius 2 is 1.46 bits per heavy atom. The van der Waals surface area contributed by atoms with E-state index in [9.17, 15) is 42.8 Å². The molecule has 2 aliphatic heterocycles. The predicted octanol–water partition coefficient (Wildman–Crippen LogP) is 1.99. The van der Waals surface area contributed by atoms with Gasteiger partial charge >= 0.3 is 0 Å². The standard InChI is InChI=1S/C32H38N4O10S4/c1-21-22(6-8-25-18-24-19-26(49(33,43)44)9-11-29(24)35(25)14-16-47(37,38)39)4-5-23(21)7-13-31-32(2,3)28-20-27(50(34,45)46)10-12-30(28)36(31)15-17-48(40,41)42/h6-13,19-20H,4-5,14-18H2,1-3H3,(H5-,33,34,37,38,39,40,41,42,43,44,45,46)/p-1. The molecule has 3 aliphatic rings. The van der Waals surface area contributed by atoms with Gasteiger partial charge in [0.05, 0.1) is 36.8 Å². The molecule has 270 valence electrons. The Labute approximate surface area is 292 Å². The maximum absolute atomic E-state index is 12.1. The number of primary sulfonamides is 2. The fraction of sp³-hybridized carbons (Fsp3) is 0.344. The van der Waals surface area contributed by atoms with E-state index in [-0.39, 0.29) is 29.3 Å². The summed E-state index contributed by atoms with van der Waals surface area (Å²) >= 11 is 0. The van der Waals surface area contributed by atoms with E-state index in [1.807, 2.05) is 45.1 Å². The van der Waals surface area contributed by atoms with Crippen LogP contribution >= 0.6 is 0 Å². The Morgan fingerprint density at radius 1 is 0.840 bits per heavy atom. The number of hydrogen-bond acceptors (Lipinski definition) is 11. The number of anilines is 1. The van der Waals surface area contributed by atoms with Crippen LogP contribution in [0.15, 0.2) is 92.9 Å². The molecule has 0 saturated heterocycles. The van der Waals surface area contributed by atoms with Crippen LogP contribution in [0.1, 0.15) is 44.7 Å². The Balaban J connectivity index is 1.48. The molecule has 0 aromatic heterocycles. The zero-order valence-electron chi connectivity index (χ0n) is 27.5. The van der Waals surface area contributed by atoms with Crippen LogP contribution in [-0.4, -0.2) is 77.7 Å². The van der Waals surface area contributed by atoms with E-state index in [4.69, 9.17) is 10.3 Å². The maximum atomic E-state index is 12.1. The number of sulfonamides is 2. The van der Waals surface area contributed by atoms with Crippen LogP contribution in [0.5, 0.6) is 0 Å². The van der Waals surface area contributed by atoms with Crippen LogP contribution in [0, 0.1) is 0 Å². The van der Waals surface area contributed by atoms with Gasteiger partial charge < -0.3 is 14.0 Å². The van der Waals surface area contributed by atoms with Crippen molar-refractivity contribution in [1.29, 1.82) is 0 Å². The monoisotopic (exact) mass is 765 g/mol. The first-order chi connectivity index (χ1) is 23.0. The Morgan fingerprint density at radius 3 is 2.08 bits per heavy atom. The zero-order chi connectivity index (χ0) is 37.0. The number of nitrogens with zero attached hydrogens (tertiary/aromatic N) is 2. The van der Waals surface area contributed by atoms with Gasteiger partial charge in [-0.25, -0.2) is 43.9 Å². The molecule has 2 heterocycles. The van der Waals surface area contributed by atoms with Crippen molar-refractivity contribution in [1.82, 2.24) is 0 Å². The third-order valence-corrected chi connectivity index (χ3v) is 12.4. The van der Waals surface area contributed by atoms with Crippen molar-refractivity contribution in [3.63, 3.8) is 0 Å². The topological polar surface area (TPSA) is 241 Å². The minimum absolute atomic E-state index is 0.0808. The molecule has 0 amide bonds. The van der Waals surface area contributed by atoms with Crippen LogP contribution in [-0.2, 0) is 52.1 Å². The smallest absolute Gasteiger partial charge is 0.238 e. The fourth-order valence-corrected chi connectivity index (χ4v) is 8.54. The Bertz CT molecular complexity index is 2390. The highest BCUT2D eigenvalue weighted by Crippen LogP contribution is 2.42. The van der Waals surface area contributed by atoms with E-state index in [2.05, 4.69) is 0 Å². The van der Waals surface area contributed by atoms with E-state index in [1.54, 1.807) is 15.5 Å². The molecule has 2 aromatic rings. The molecule has 50 heavy (non-hydrogen) atoms. The van der Waals surface area contributed by atoms with E-state index in [0.29, 0.717) is 46.8 Å². The van der Waals surface area contributed by atoms with Gasteiger partial charge in [0, 0.05) is 42.1 Å². The molecule has 0 saturated carbocycles. The summed E-state index contributed by atoms with van der Waals surface area (Å²) < 4.78 is 119. The third-order valence-electron chi connectivity index (χ3n) is 9.26. The summed E-state index contributed by atoms with van der Waals surface area (Å²) in [5.41, 5.74) is 5.87. The highest BCUT2D eigenvalue weighted by molar-refractivity contribution is 7.89.